The summed E-state index contributed by atoms with van der Waals surface area (Å²) in [4.78, 5) is 28.3. The molecule has 2 N–H and O–H groups in total. The van der Waals surface area contributed by atoms with Crippen LogP contribution in [0, 0.1) is 18.6 Å². The van der Waals surface area contributed by atoms with Gasteiger partial charge in [-0.05, 0) is 43.8 Å². The van der Waals surface area contributed by atoms with Crippen LogP contribution in [0.2, 0.25) is 0 Å². The Labute approximate surface area is 190 Å². The number of para-hydroxylation sites is 1. The topological polar surface area (TPSA) is 84.7 Å². The van der Waals surface area contributed by atoms with E-state index in [0.29, 0.717) is 28.8 Å². The zero-order valence-corrected chi connectivity index (χ0v) is 18.9. The summed E-state index contributed by atoms with van der Waals surface area (Å²) in [6.07, 6.45) is 0.159. The Morgan fingerprint density at radius 2 is 1.81 bits per heavy atom. The summed E-state index contributed by atoms with van der Waals surface area (Å²) in [5.41, 5.74) is 4.61. The number of rotatable bonds is 7. The van der Waals surface area contributed by atoms with E-state index in [2.05, 4.69) is 27.5 Å². The number of carbonyl (C=O) groups excluding carboxylic acids is 1. The normalized spacial score (nSPS) is 11.1. The molecule has 7 nitrogen and oxygen atoms in total. The summed E-state index contributed by atoms with van der Waals surface area (Å²) >= 11 is 5.32. The summed E-state index contributed by atoms with van der Waals surface area (Å²) in [5, 5.41) is 8.14. The molecule has 0 fully saturated rings. The second-order valence-corrected chi connectivity index (χ2v) is 8.14. The molecule has 4 rings (SSSR count). The molecule has 2 aromatic carbocycles. The number of carbonyl (C=O) groups is 1. The van der Waals surface area contributed by atoms with Gasteiger partial charge >= 0.3 is 0 Å². The fourth-order valence-electron chi connectivity index (χ4n) is 3.79. The maximum absolute atomic E-state index is 12.7. The number of nitrogens with zero attached hydrogens (tertiary/aromatic N) is 3. The van der Waals surface area contributed by atoms with Crippen LogP contribution < -0.4 is 10.9 Å². The second kappa shape index (κ2) is 9.32. The molecule has 0 unspecified atom stereocenters. The monoisotopic (exact) mass is 447 g/mol. The number of aromatic nitrogens is 4. The van der Waals surface area contributed by atoms with Crippen LogP contribution in [-0.4, -0.2) is 25.2 Å². The Balaban J connectivity index is 1.40. The highest BCUT2D eigenvalue weighted by molar-refractivity contribution is 7.71. The number of hydrogen-bond donors (Lipinski definition) is 2. The van der Waals surface area contributed by atoms with Gasteiger partial charge < -0.3 is 10.3 Å². The largest absolute Gasteiger partial charge is 0.352 e. The molecule has 0 saturated carbocycles. The van der Waals surface area contributed by atoms with E-state index in [1.165, 1.54) is 10.1 Å². The van der Waals surface area contributed by atoms with Crippen LogP contribution in [0.4, 0.5) is 0 Å². The molecule has 0 saturated heterocycles. The number of aromatic amines is 1. The van der Waals surface area contributed by atoms with E-state index in [1.54, 1.807) is 12.1 Å². The Bertz CT molecular complexity index is 1390. The molecule has 0 radical (unpaired) electrons. The Kier molecular flexibility index (Phi) is 6.32. The molecular formula is C24H25N5O2S. The first kappa shape index (κ1) is 21.7. The highest BCUT2D eigenvalue weighted by Crippen LogP contribution is 2.15. The predicted octanol–water partition coefficient (Wildman–Crippen LogP) is 3.63. The fourth-order valence-corrected chi connectivity index (χ4v) is 4.08. The number of benzene rings is 2. The molecule has 0 bridgehead atoms. The molecule has 0 aliphatic heterocycles. The number of hydrogen-bond acceptors (Lipinski definition) is 4. The molecule has 0 atom stereocenters. The second-order valence-electron chi connectivity index (χ2n) is 7.75. The Morgan fingerprint density at radius 3 is 2.59 bits per heavy atom. The Hall–Kier alpha value is -3.52. The highest BCUT2D eigenvalue weighted by Gasteiger charge is 2.13. The first-order chi connectivity index (χ1) is 15.4. The third kappa shape index (κ3) is 4.55. The fraction of sp³-hybridized carbons (Fsp3) is 0.250. The van der Waals surface area contributed by atoms with Crippen molar-refractivity contribution < 1.29 is 4.79 Å². The van der Waals surface area contributed by atoms with Gasteiger partial charge in [-0.15, -0.1) is 0 Å². The van der Waals surface area contributed by atoms with E-state index in [4.69, 9.17) is 12.2 Å². The zero-order valence-electron chi connectivity index (χ0n) is 18.1. The van der Waals surface area contributed by atoms with Crippen molar-refractivity contribution in [3.63, 3.8) is 0 Å². The lowest BCUT2D eigenvalue weighted by molar-refractivity contribution is -0.121. The quantitative estimate of drug-likeness (QED) is 0.424. The van der Waals surface area contributed by atoms with Crippen LogP contribution in [0.5, 0.6) is 0 Å². The highest BCUT2D eigenvalue weighted by atomic mass is 32.1. The average Bonchev–Trinajstić information content (AvgIpc) is 3.05. The van der Waals surface area contributed by atoms with Crippen LogP contribution in [0.3, 0.4) is 0 Å². The molecule has 164 valence electrons. The minimum absolute atomic E-state index is 0.144. The molecule has 0 aliphatic rings. The van der Waals surface area contributed by atoms with E-state index in [-0.39, 0.29) is 24.4 Å². The summed E-state index contributed by atoms with van der Waals surface area (Å²) in [6.45, 7) is 5.26. The van der Waals surface area contributed by atoms with Gasteiger partial charge in [-0.2, -0.15) is 5.10 Å². The maximum atomic E-state index is 12.7. The van der Waals surface area contributed by atoms with E-state index in [1.807, 2.05) is 48.9 Å². The molecule has 32 heavy (non-hydrogen) atoms. The van der Waals surface area contributed by atoms with Gasteiger partial charge in [0.15, 0.2) is 4.77 Å². The van der Waals surface area contributed by atoms with Crippen molar-refractivity contribution in [2.75, 3.05) is 0 Å². The van der Waals surface area contributed by atoms with Gasteiger partial charge in [-0.25, -0.2) is 0 Å². The maximum Gasteiger partial charge on any atom is 0.262 e. The summed E-state index contributed by atoms with van der Waals surface area (Å²) in [7, 11) is 0. The number of H-pyrrole nitrogens is 1. The molecule has 1 amide bonds. The standard InChI is InChI=1S/C24H25N5O2S/c1-16-20(17(2)29(27-16)15-18-8-4-3-5-9-18)14-25-22(30)12-13-28-23(31)19-10-6-7-11-21(19)26-24(28)32/h3-11H,12-15H2,1-2H3,(H,25,30)(H,26,32). The SMILES string of the molecule is Cc1nn(Cc2ccccc2)c(C)c1CNC(=O)CCn1c(=S)[nH]c2ccccc2c1=O. The van der Waals surface area contributed by atoms with E-state index < -0.39 is 0 Å². The molecular weight excluding hydrogens is 422 g/mol. The van der Waals surface area contributed by atoms with Crippen LogP contribution >= 0.6 is 12.2 Å². The first-order valence-electron chi connectivity index (χ1n) is 10.5. The van der Waals surface area contributed by atoms with Crippen LogP contribution in [-0.2, 0) is 24.4 Å². The first-order valence-corrected chi connectivity index (χ1v) is 10.9. The van der Waals surface area contributed by atoms with Gasteiger partial charge in [-0.1, -0.05) is 42.5 Å². The molecule has 4 aromatic rings. The minimum atomic E-state index is -0.189. The lowest BCUT2D eigenvalue weighted by Gasteiger charge is -2.09. The number of aryl methyl sites for hydroxylation is 1. The van der Waals surface area contributed by atoms with E-state index in [9.17, 15) is 9.59 Å². The minimum Gasteiger partial charge on any atom is -0.352 e. The van der Waals surface area contributed by atoms with Crippen molar-refractivity contribution in [3.8, 4) is 0 Å². The number of nitrogens with one attached hydrogen (secondary N) is 2. The van der Waals surface area contributed by atoms with Gasteiger partial charge in [0.1, 0.15) is 0 Å². The van der Waals surface area contributed by atoms with Crippen molar-refractivity contribution >= 4 is 29.0 Å². The van der Waals surface area contributed by atoms with Gasteiger partial charge in [0.2, 0.25) is 5.91 Å². The summed E-state index contributed by atoms with van der Waals surface area (Å²) < 4.78 is 3.71. The average molecular weight is 448 g/mol. The zero-order chi connectivity index (χ0) is 22.7. The third-order valence-electron chi connectivity index (χ3n) is 5.62. The van der Waals surface area contributed by atoms with Gasteiger partial charge in [0.05, 0.1) is 23.1 Å². The van der Waals surface area contributed by atoms with E-state index >= 15 is 0 Å². The summed E-state index contributed by atoms with van der Waals surface area (Å²) in [5.74, 6) is -0.144. The van der Waals surface area contributed by atoms with Crippen molar-refractivity contribution in [1.82, 2.24) is 24.6 Å². The molecule has 0 aliphatic carbocycles. The molecule has 2 aromatic heterocycles. The van der Waals surface area contributed by atoms with Gasteiger partial charge in [0.25, 0.3) is 5.56 Å². The van der Waals surface area contributed by atoms with Crippen LogP contribution in [0.15, 0.2) is 59.4 Å². The van der Waals surface area contributed by atoms with Crippen LogP contribution in [0.25, 0.3) is 10.9 Å². The smallest absolute Gasteiger partial charge is 0.262 e. The van der Waals surface area contributed by atoms with Crippen molar-refractivity contribution in [2.45, 2.75) is 39.9 Å². The number of fused-ring (bicyclic) bond motifs is 1. The van der Waals surface area contributed by atoms with Crippen molar-refractivity contribution in [2.24, 2.45) is 0 Å². The summed E-state index contributed by atoms with van der Waals surface area (Å²) in [6, 6.07) is 17.4. The predicted molar refractivity (Wildman–Crippen MR) is 127 cm³/mol. The lowest BCUT2D eigenvalue weighted by Crippen LogP contribution is -2.28. The number of amides is 1. The van der Waals surface area contributed by atoms with Crippen molar-refractivity contribution in [3.05, 3.63) is 92.2 Å². The molecule has 2 heterocycles. The molecule has 0 spiro atoms. The van der Waals surface area contributed by atoms with E-state index in [0.717, 1.165) is 17.0 Å². The lowest BCUT2D eigenvalue weighted by atomic mass is 10.2. The molecule has 8 heteroatoms. The van der Waals surface area contributed by atoms with Gasteiger partial charge in [0, 0.05) is 30.8 Å². The van der Waals surface area contributed by atoms with Gasteiger partial charge in [-0.3, -0.25) is 18.8 Å². The van der Waals surface area contributed by atoms with Crippen molar-refractivity contribution in [1.29, 1.82) is 0 Å². The Morgan fingerprint density at radius 1 is 1.09 bits per heavy atom. The van der Waals surface area contributed by atoms with Crippen LogP contribution in [0.1, 0.15) is 28.9 Å². The third-order valence-corrected chi connectivity index (χ3v) is 5.94.